The second-order valence-electron chi connectivity index (χ2n) is 5.13. The second-order valence-corrected chi connectivity index (χ2v) is 7.70. The van der Waals surface area contributed by atoms with Crippen molar-refractivity contribution in [3.63, 3.8) is 0 Å². The SMILES string of the molecule is CC(C)CNc1nnc(SC(C)C(=O)N2CCNC2=O)s1. The summed E-state index contributed by atoms with van der Waals surface area (Å²) in [4.78, 5) is 24.9. The average molecular weight is 329 g/mol. The summed E-state index contributed by atoms with van der Waals surface area (Å²) < 4.78 is 0.724. The van der Waals surface area contributed by atoms with Crippen LogP contribution in [-0.2, 0) is 4.79 Å². The summed E-state index contributed by atoms with van der Waals surface area (Å²) in [5, 5.41) is 14.3. The van der Waals surface area contributed by atoms with Crippen LogP contribution < -0.4 is 10.6 Å². The summed E-state index contributed by atoms with van der Waals surface area (Å²) in [6, 6.07) is -0.316. The molecule has 1 atom stereocenters. The van der Waals surface area contributed by atoms with Crippen molar-refractivity contribution < 1.29 is 9.59 Å². The normalized spacial score (nSPS) is 16.2. The highest BCUT2D eigenvalue weighted by Crippen LogP contribution is 2.29. The molecule has 2 heterocycles. The van der Waals surface area contributed by atoms with Crippen molar-refractivity contribution in [2.45, 2.75) is 30.4 Å². The third-order valence-corrected chi connectivity index (χ3v) is 4.87. The maximum Gasteiger partial charge on any atom is 0.324 e. The number of imide groups is 1. The van der Waals surface area contributed by atoms with Gasteiger partial charge in [-0.3, -0.25) is 9.69 Å². The predicted molar refractivity (Wildman–Crippen MR) is 83.7 cm³/mol. The van der Waals surface area contributed by atoms with Gasteiger partial charge in [0.2, 0.25) is 11.0 Å². The average Bonchev–Trinajstić information content (AvgIpc) is 3.04. The van der Waals surface area contributed by atoms with Crippen LogP contribution in [0.15, 0.2) is 4.34 Å². The Morgan fingerprint density at radius 1 is 1.48 bits per heavy atom. The van der Waals surface area contributed by atoms with Gasteiger partial charge in [0.25, 0.3) is 0 Å². The zero-order valence-corrected chi connectivity index (χ0v) is 13.9. The van der Waals surface area contributed by atoms with Gasteiger partial charge in [-0.1, -0.05) is 36.9 Å². The molecule has 3 amide bonds. The Kier molecular flexibility index (Phi) is 5.40. The van der Waals surface area contributed by atoms with Crippen molar-refractivity contribution in [3.8, 4) is 0 Å². The largest absolute Gasteiger partial charge is 0.360 e. The van der Waals surface area contributed by atoms with Crippen LogP contribution in [0.25, 0.3) is 0 Å². The van der Waals surface area contributed by atoms with Gasteiger partial charge in [0.05, 0.1) is 5.25 Å². The topological polar surface area (TPSA) is 87.2 Å². The fourth-order valence-corrected chi connectivity index (χ4v) is 3.69. The number of thioether (sulfide) groups is 1. The fraction of sp³-hybridized carbons (Fsp3) is 0.667. The lowest BCUT2D eigenvalue weighted by molar-refractivity contribution is -0.126. The van der Waals surface area contributed by atoms with Gasteiger partial charge >= 0.3 is 6.03 Å². The monoisotopic (exact) mass is 329 g/mol. The summed E-state index contributed by atoms with van der Waals surface area (Å²) in [5.74, 6) is 0.334. The molecule has 1 unspecified atom stereocenters. The Balaban J connectivity index is 1.88. The van der Waals surface area contributed by atoms with Crippen molar-refractivity contribution in [1.82, 2.24) is 20.4 Å². The van der Waals surface area contributed by atoms with E-state index in [1.807, 2.05) is 0 Å². The third kappa shape index (κ3) is 4.31. The van der Waals surface area contributed by atoms with Gasteiger partial charge in [0.15, 0.2) is 4.34 Å². The standard InChI is InChI=1S/C12H19N5O2S2/c1-7(2)6-14-10-15-16-12(21-10)20-8(3)9(18)17-5-4-13-11(17)19/h7-8H,4-6H2,1-3H3,(H,13,19)(H,14,15). The van der Waals surface area contributed by atoms with Crippen molar-refractivity contribution >= 4 is 40.2 Å². The molecule has 1 aromatic rings. The minimum Gasteiger partial charge on any atom is -0.360 e. The molecule has 1 saturated heterocycles. The quantitative estimate of drug-likeness (QED) is 0.772. The lowest BCUT2D eigenvalue weighted by Gasteiger charge is -2.16. The first-order valence-electron chi connectivity index (χ1n) is 6.80. The van der Waals surface area contributed by atoms with Gasteiger partial charge in [-0.25, -0.2) is 4.79 Å². The number of carbonyl (C=O) groups excluding carboxylic acids is 2. The van der Waals surface area contributed by atoms with Gasteiger partial charge in [0, 0.05) is 19.6 Å². The number of nitrogens with zero attached hydrogens (tertiary/aromatic N) is 3. The third-order valence-electron chi connectivity index (χ3n) is 2.82. The van der Waals surface area contributed by atoms with E-state index in [9.17, 15) is 9.59 Å². The molecule has 2 N–H and O–H groups in total. The number of anilines is 1. The molecule has 9 heteroatoms. The Bertz CT molecular complexity index is 520. The Morgan fingerprint density at radius 2 is 2.24 bits per heavy atom. The minimum absolute atomic E-state index is 0.193. The first-order valence-corrected chi connectivity index (χ1v) is 8.50. The highest BCUT2D eigenvalue weighted by molar-refractivity contribution is 8.02. The lowest BCUT2D eigenvalue weighted by atomic mass is 10.2. The van der Waals surface area contributed by atoms with Crippen molar-refractivity contribution in [2.24, 2.45) is 5.92 Å². The molecule has 116 valence electrons. The minimum atomic E-state index is -0.361. The molecule has 21 heavy (non-hydrogen) atoms. The Labute approximate surface area is 131 Å². The number of hydrogen-bond acceptors (Lipinski definition) is 7. The summed E-state index contributed by atoms with van der Waals surface area (Å²) in [6.45, 7) is 7.80. The molecule has 0 saturated carbocycles. The van der Waals surface area contributed by atoms with Crippen LogP contribution in [0.1, 0.15) is 20.8 Å². The Morgan fingerprint density at radius 3 is 2.86 bits per heavy atom. The van der Waals surface area contributed by atoms with E-state index in [0.29, 0.717) is 19.0 Å². The summed E-state index contributed by atoms with van der Waals surface area (Å²) in [5.41, 5.74) is 0. The van der Waals surface area contributed by atoms with E-state index in [2.05, 4.69) is 34.7 Å². The van der Waals surface area contributed by atoms with E-state index < -0.39 is 0 Å². The van der Waals surface area contributed by atoms with Crippen LogP contribution in [0.2, 0.25) is 0 Å². The maximum absolute atomic E-state index is 12.2. The molecule has 1 aliphatic rings. The number of hydrogen-bond donors (Lipinski definition) is 2. The molecule has 0 aliphatic carbocycles. The van der Waals surface area contributed by atoms with Gasteiger partial charge in [0.1, 0.15) is 0 Å². The molecule has 0 spiro atoms. The molecule has 1 aliphatic heterocycles. The fourth-order valence-electron chi connectivity index (χ4n) is 1.72. The van der Waals surface area contributed by atoms with Gasteiger partial charge in [-0.2, -0.15) is 0 Å². The van der Waals surface area contributed by atoms with Gasteiger partial charge in [-0.15, -0.1) is 10.2 Å². The van der Waals surface area contributed by atoms with Crippen molar-refractivity contribution in [2.75, 3.05) is 25.0 Å². The molecule has 0 bridgehead atoms. The number of urea groups is 1. The summed E-state index contributed by atoms with van der Waals surface area (Å²) in [7, 11) is 0. The van der Waals surface area contributed by atoms with E-state index in [0.717, 1.165) is 16.0 Å². The first-order chi connectivity index (χ1) is 9.97. The lowest BCUT2D eigenvalue weighted by Crippen LogP contribution is -2.38. The highest BCUT2D eigenvalue weighted by atomic mass is 32.2. The molecule has 7 nitrogen and oxygen atoms in total. The van der Waals surface area contributed by atoms with E-state index in [4.69, 9.17) is 0 Å². The number of carbonyl (C=O) groups is 2. The second kappa shape index (κ2) is 7.08. The van der Waals surface area contributed by atoms with Crippen LogP contribution in [0.4, 0.5) is 9.93 Å². The van der Waals surface area contributed by atoms with E-state index >= 15 is 0 Å². The summed E-state index contributed by atoms with van der Waals surface area (Å²) in [6.07, 6.45) is 0. The van der Waals surface area contributed by atoms with Crippen LogP contribution in [0.3, 0.4) is 0 Å². The maximum atomic E-state index is 12.2. The number of rotatable bonds is 6. The van der Waals surface area contributed by atoms with Crippen LogP contribution in [0.5, 0.6) is 0 Å². The predicted octanol–water partition coefficient (Wildman–Crippen LogP) is 1.64. The van der Waals surface area contributed by atoms with Crippen molar-refractivity contribution in [1.29, 1.82) is 0 Å². The number of aromatic nitrogens is 2. The number of amides is 3. The molecule has 1 aromatic heterocycles. The van der Waals surface area contributed by atoms with E-state index in [1.165, 1.54) is 28.0 Å². The molecule has 0 aromatic carbocycles. The number of nitrogens with one attached hydrogen (secondary N) is 2. The first kappa shape index (κ1) is 16.0. The summed E-state index contributed by atoms with van der Waals surface area (Å²) >= 11 is 2.75. The highest BCUT2D eigenvalue weighted by Gasteiger charge is 2.30. The van der Waals surface area contributed by atoms with Crippen LogP contribution in [-0.4, -0.2) is 51.9 Å². The van der Waals surface area contributed by atoms with E-state index in [1.54, 1.807) is 6.92 Å². The molecular formula is C12H19N5O2S2. The molecular weight excluding hydrogens is 310 g/mol. The van der Waals surface area contributed by atoms with E-state index in [-0.39, 0.29) is 17.2 Å². The smallest absolute Gasteiger partial charge is 0.324 e. The van der Waals surface area contributed by atoms with Crippen molar-refractivity contribution in [3.05, 3.63) is 0 Å². The molecule has 1 fully saturated rings. The zero-order chi connectivity index (χ0) is 15.4. The Hall–Kier alpha value is -1.35. The zero-order valence-electron chi connectivity index (χ0n) is 12.3. The van der Waals surface area contributed by atoms with Gasteiger partial charge < -0.3 is 10.6 Å². The molecule has 2 rings (SSSR count). The van der Waals surface area contributed by atoms with Crippen LogP contribution >= 0.6 is 23.1 Å². The van der Waals surface area contributed by atoms with Gasteiger partial charge in [-0.05, 0) is 12.8 Å². The van der Waals surface area contributed by atoms with Crippen LogP contribution in [0, 0.1) is 5.92 Å². The molecule has 0 radical (unpaired) electrons.